The van der Waals surface area contributed by atoms with E-state index in [1.165, 1.54) is 42.6 Å². The van der Waals surface area contributed by atoms with Gasteiger partial charge in [0.15, 0.2) is 0 Å². The van der Waals surface area contributed by atoms with Crippen molar-refractivity contribution in [3.8, 4) is 27.9 Å². The van der Waals surface area contributed by atoms with E-state index in [0.717, 1.165) is 10.7 Å². The maximum Gasteiger partial charge on any atom is 0.280 e. The van der Waals surface area contributed by atoms with Crippen LogP contribution in [0, 0.1) is 11.6 Å². The van der Waals surface area contributed by atoms with Gasteiger partial charge < -0.3 is 4.55 Å². The molecule has 0 saturated heterocycles. The molecule has 0 fully saturated rings. The highest BCUT2D eigenvalue weighted by Gasteiger charge is 2.17. The van der Waals surface area contributed by atoms with E-state index in [4.69, 9.17) is 11.6 Å². The van der Waals surface area contributed by atoms with E-state index < -0.39 is 28.3 Å². The fourth-order valence-electron chi connectivity index (χ4n) is 3.29. The second-order valence-electron chi connectivity index (χ2n) is 6.90. The van der Waals surface area contributed by atoms with Crippen LogP contribution in [0.25, 0.3) is 27.9 Å². The maximum atomic E-state index is 14.0. The number of rotatable bonds is 5. The molecule has 1 heterocycles. The van der Waals surface area contributed by atoms with Crippen LogP contribution >= 0.6 is 11.6 Å². The largest absolute Gasteiger partial charge is 0.772 e. The van der Waals surface area contributed by atoms with Crippen LogP contribution in [0.15, 0.2) is 77.7 Å². The Morgan fingerprint density at radius 1 is 0.969 bits per heavy atom. The maximum absolute atomic E-state index is 14.0. The van der Waals surface area contributed by atoms with Crippen molar-refractivity contribution < 1.29 is 17.5 Å². The SMILES string of the molecule is O=c1c(-c2ccc(F)cc2)c(-c2ccc(CS(=O)[O-])cc2)cnn1-c1ccc(Cl)c(F)c1. The van der Waals surface area contributed by atoms with Gasteiger partial charge >= 0.3 is 0 Å². The monoisotopic (exact) mass is 471 g/mol. The highest BCUT2D eigenvalue weighted by Crippen LogP contribution is 2.30. The van der Waals surface area contributed by atoms with Crippen LogP contribution in [0.4, 0.5) is 8.78 Å². The molecule has 0 N–H and O–H groups in total. The van der Waals surface area contributed by atoms with Crippen LogP contribution < -0.4 is 5.56 Å². The van der Waals surface area contributed by atoms with Crippen molar-refractivity contribution >= 4 is 22.7 Å². The van der Waals surface area contributed by atoms with Gasteiger partial charge in [-0.05, 0) is 41.0 Å². The van der Waals surface area contributed by atoms with E-state index in [1.54, 1.807) is 24.3 Å². The molecule has 0 aliphatic carbocycles. The molecule has 0 saturated carbocycles. The molecule has 4 rings (SSSR count). The van der Waals surface area contributed by atoms with Crippen molar-refractivity contribution in [3.05, 3.63) is 106 Å². The van der Waals surface area contributed by atoms with Gasteiger partial charge in [0.2, 0.25) is 0 Å². The Morgan fingerprint density at radius 3 is 2.25 bits per heavy atom. The summed E-state index contributed by atoms with van der Waals surface area (Å²) >= 11 is 3.52. The Labute approximate surface area is 189 Å². The van der Waals surface area contributed by atoms with Crippen molar-refractivity contribution in [2.75, 3.05) is 0 Å². The molecule has 0 amide bonds. The second kappa shape index (κ2) is 9.12. The van der Waals surface area contributed by atoms with Crippen molar-refractivity contribution in [1.82, 2.24) is 9.78 Å². The fraction of sp³-hybridized carbons (Fsp3) is 0.0435. The molecule has 3 aromatic carbocycles. The van der Waals surface area contributed by atoms with Gasteiger partial charge in [-0.25, -0.2) is 8.78 Å². The Kier molecular flexibility index (Phi) is 6.27. The van der Waals surface area contributed by atoms with Gasteiger partial charge in [-0.1, -0.05) is 59.1 Å². The summed E-state index contributed by atoms with van der Waals surface area (Å²) < 4.78 is 50.4. The molecule has 1 unspecified atom stereocenters. The van der Waals surface area contributed by atoms with Crippen LogP contribution in [-0.4, -0.2) is 18.5 Å². The normalized spacial score (nSPS) is 12.0. The first-order chi connectivity index (χ1) is 15.3. The highest BCUT2D eigenvalue weighted by atomic mass is 35.5. The first kappa shape index (κ1) is 22.0. The topological polar surface area (TPSA) is 75.0 Å². The van der Waals surface area contributed by atoms with Gasteiger partial charge in [0.1, 0.15) is 11.6 Å². The predicted octanol–water partition coefficient (Wildman–Crippen LogP) is 4.88. The molecule has 0 aliphatic heterocycles. The summed E-state index contributed by atoms with van der Waals surface area (Å²) in [5.41, 5.74) is 1.98. The zero-order valence-electron chi connectivity index (χ0n) is 16.3. The summed E-state index contributed by atoms with van der Waals surface area (Å²) in [5.74, 6) is -1.29. The zero-order valence-corrected chi connectivity index (χ0v) is 17.9. The Balaban J connectivity index is 1.91. The van der Waals surface area contributed by atoms with Gasteiger partial charge in [-0.2, -0.15) is 9.78 Å². The third kappa shape index (κ3) is 4.52. The van der Waals surface area contributed by atoms with Crippen molar-refractivity contribution in [1.29, 1.82) is 0 Å². The minimum atomic E-state index is -2.23. The third-order valence-electron chi connectivity index (χ3n) is 4.81. The van der Waals surface area contributed by atoms with Crippen LogP contribution in [-0.2, 0) is 16.8 Å². The van der Waals surface area contributed by atoms with E-state index >= 15 is 0 Å². The highest BCUT2D eigenvalue weighted by molar-refractivity contribution is 7.78. The van der Waals surface area contributed by atoms with Gasteiger partial charge in [-0.3, -0.25) is 9.00 Å². The van der Waals surface area contributed by atoms with E-state index in [2.05, 4.69) is 5.10 Å². The summed E-state index contributed by atoms with van der Waals surface area (Å²) in [6, 6.07) is 15.9. The van der Waals surface area contributed by atoms with E-state index in [0.29, 0.717) is 22.3 Å². The van der Waals surface area contributed by atoms with E-state index in [1.807, 2.05) is 0 Å². The lowest BCUT2D eigenvalue weighted by Crippen LogP contribution is -2.23. The average molecular weight is 472 g/mol. The van der Waals surface area contributed by atoms with Gasteiger partial charge in [-0.15, -0.1) is 0 Å². The van der Waals surface area contributed by atoms with Gasteiger partial charge in [0, 0.05) is 17.4 Å². The summed E-state index contributed by atoms with van der Waals surface area (Å²) in [4.78, 5) is 13.4. The second-order valence-corrected chi connectivity index (χ2v) is 8.20. The fourth-order valence-corrected chi connectivity index (χ4v) is 3.87. The van der Waals surface area contributed by atoms with Crippen LogP contribution in [0.5, 0.6) is 0 Å². The Bertz CT molecular complexity index is 1370. The summed E-state index contributed by atoms with van der Waals surface area (Å²) in [5, 5.41) is 4.11. The molecule has 4 aromatic rings. The predicted molar refractivity (Wildman–Crippen MR) is 118 cm³/mol. The number of aromatic nitrogens is 2. The zero-order chi connectivity index (χ0) is 22.8. The summed E-state index contributed by atoms with van der Waals surface area (Å²) in [6.07, 6.45) is 1.45. The Morgan fingerprint density at radius 2 is 1.62 bits per heavy atom. The number of halogens is 3. The van der Waals surface area contributed by atoms with Crippen molar-refractivity contribution in [2.24, 2.45) is 0 Å². The first-order valence-electron chi connectivity index (χ1n) is 9.32. The number of benzene rings is 3. The van der Waals surface area contributed by atoms with Crippen molar-refractivity contribution in [3.63, 3.8) is 0 Å². The smallest absolute Gasteiger partial charge is 0.280 e. The summed E-state index contributed by atoms with van der Waals surface area (Å²) in [6.45, 7) is 0. The number of hydrogen-bond donors (Lipinski definition) is 0. The van der Waals surface area contributed by atoms with Crippen LogP contribution in [0.1, 0.15) is 5.56 Å². The quantitative estimate of drug-likeness (QED) is 0.389. The van der Waals surface area contributed by atoms with Crippen LogP contribution in [0.3, 0.4) is 0 Å². The van der Waals surface area contributed by atoms with Crippen LogP contribution in [0.2, 0.25) is 5.02 Å². The molecule has 0 aliphatic rings. The molecule has 5 nitrogen and oxygen atoms in total. The minimum Gasteiger partial charge on any atom is -0.772 e. The number of nitrogens with zero attached hydrogens (tertiary/aromatic N) is 2. The molecular formula is C23H14ClF2N2O3S-. The lowest BCUT2D eigenvalue weighted by molar-refractivity contribution is 0.536. The van der Waals surface area contributed by atoms with Gasteiger partial charge in [0.25, 0.3) is 5.56 Å². The first-order valence-corrected chi connectivity index (χ1v) is 10.9. The average Bonchev–Trinajstić information content (AvgIpc) is 2.76. The molecule has 32 heavy (non-hydrogen) atoms. The van der Waals surface area contributed by atoms with Crippen molar-refractivity contribution in [2.45, 2.75) is 5.75 Å². The standard InChI is InChI=1S/C23H15ClF2N2O3S/c24-20-10-9-18(11-21(20)26)28-23(29)22(16-5-7-17(25)8-6-16)19(12-27-28)15-3-1-14(2-4-15)13-32(30)31/h1-12H,13H2,(H,30,31)/p-1. The third-order valence-corrected chi connectivity index (χ3v) is 5.68. The molecular weight excluding hydrogens is 458 g/mol. The van der Waals surface area contributed by atoms with Gasteiger partial charge in [0.05, 0.1) is 22.5 Å². The van der Waals surface area contributed by atoms with E-state index in [9.17, 15) is 22.3 Å². The number of hydrogen-bond acceptors (Lipinski definition) is 4. The molecule has 0 radical (unpaired) electrons. The lowest BCUT2D eigenvalue weighted by Gasteiger charge is -2.14. The Hall–Kier alpha value is -3.20. The molecule has 9 heteroatoms. The molecule has 1 aromatic heterocycles. The molecule has 162 valence electrons. The molecule has 0 spiro atoms. The van der Waals surface area contributed by atoms with E-state index in [-0.39, 0.29) is 22.0 Å². The minimum absolute atomic E-state index is 0.0868. The summed E-state index contributed by atoms with van der Waals surface area (Å²) in [7, 11) is 0. The molecule has 0 bridgehead atoms. The lowest BCUT2D eigenvalue weighted by atomic mass is 9.96. The molecule has 1 atom stereocenters.